The number of ether oxygens (including phenoxy) is 1. The van der Waals surface area contributed by atoms with Gasteiger partial charge in [-0.05, 0) is 29.9 Å². The SMILES string of the molecule is CC[C@H](/C=C\C(=O)OC)[C@]1(C)C=CCc2ccccc21. The topological polar surface area (TPSA) is 26.3 Å². The zero-order valence-corrected chi connectivity index (χ0v) is 12.4. The zero-order chi connectivity index (χ0) is 14.6. The Morgan fingerprint density at radius 1 is 1.45 bits per heavy atom. The third-order valence-corrected chi connectivity index (χ3v) is 4.28. The molecule has 0 aromatic heterocycles. The second kappa shape index (κ2) is 6.08. The van der Waals surface area contributed by atoms with E-state index in [0.29, 0.717) is 0 Å². The largest absolute Gasteiger partial charge is 0.466 e. The van der Waals surface area contributed by atoms with E-state index in [1.165, 1.54) is 18.2 Å². The maximum atomic E-state index is 11.3. The van der Waals surface area contributed by atoms with E-state index < -0.39 is 0 Å². The summed E-state index contributed by atoms with van der Waals surface area (Å²) in [7, 11) is 1.41. The first-order valence-corrected chi connectivity index (χ1v) is 7.14. The van der Waals surface area contributed by atoms with Crippen LogP contribution in [0.3, 0.4) is 0 Å². The first kappa shape index (κ1) is 14.6. The van der Waals surface area contributed by atoms with Crippen LogP contribution >= 0.6 is 0 Å². The Bertz CT molecular complexity index is 542. The van der Waals surface area contributed by atoms with Crippen molar-refractivity contribution in [3.05, 3.63) is 59.7 Å². The number of esters is 1. The van der Waals surface area contributed by atoms with Crippen molar-refractivity contribution in [2.45, 2.75) is 32.1 Å². The molecule has 0 fully saturated rings. The molecule has 0 heterocycles. The van der Waals surface area contributed by atoms with Crippen LogP contribution in [-0.2, 0) is 21.4 Å². The molecular weight excluding hydrogens is 248 g/mol. The van der Waals surface area contributed by atoms with Crippen LogP contribution in [0.2, 0.25) is 0 Å². The molecule has 1 aliphatic carbocycles. The fourth-order valence-corrected chi connectivity index (χ4v) is 3.09. The Balaban J connectivity index is 2.37. The summed E-state index contributed by atoms with van der Waals surface area (Å²) >= 11 is 0. The number of hydrogen-bond donors (Lipinski definition) is 0. The third-order valence-electron chi connectivity index (χ3n) is 4.28. The van der Waals surface area contributed by atoms with Crippen molar-refractivity contribution in [2.24, 2.45) is 5.92 Å². The molecule has 106 valence electrons. The highest BCUT2D eigenvalue weighted by molar-refractivity contribution is 5.81. The van der Waals surface area contributed by atoms with Gasteiger partial charge in [0.15, 0.2) is 0 Å². The van der Waals surface area contributed by atoms with Gasteiger partial charge in [0.2, 0.25) is 0 Å². The minimum atomic E-state index is -0.292. The molecule has 1 aromatic rings. The van der Waals surface area contributed by atoms with Crippen molar-refractivity contribution < 1.29 is 9.53 Å². The number of methoxy groups -OCH3 is 1. The summed E-state index contributed by atoms with van der Waals surface area (Å²) in [6.45, 7) is 4.40. The number of carbonyl (C=O) groups is 1. The molecule has 2 nitrogen and oxygen atoms in total. The average molecular weight is 270 g/mol. The molecule has 2 rings (SSSR count). The Hall–Kier alpha value is -1.83. The van der Waals surface area contributed by atoms with Crippen molar-refractivity contribution in [1.29, 1.82) is 0 Å². The van der Waals surface area contributed by atoms with E-state index in [2.05, 4.69) is 50.3 Å². The predicted molar refractivity (Wildman–Crippen MR) is 81.6 cm³/mol. The van der Waals surface area contributed by atoms with Gasteiger partial charge in [-0.1, -0.05) is 56.3 Å². The van der Waals surface area contributed by atoms with E-state index in [9.17, 15) is 4.79 Å². The fraction of sp³-hybridized carbons (Fsp3) is 0.389. The minimum Gasteiger partial charge on any atom is -0.466 e. The van der Waals surface area contributed by atoms with Gasteiger partial charge in [-0.15, -0.1) is 0 Å². The minimum absolute atomic E-state index is 0.0614. The van der Waals surface area contributed by atoms with Crippen LogP contribution in [0.25, 0.3) is 0 Å². The molecule has 0 saturated carbocycles. The lowest BCUT2D eigenvalue weighted by Gasteiger charge is -2.37. The van der Waals surface area contributed by atoms with E-state index in [4.69, 9.17) is 4.74 Å². The highest BCUT2D eigenvalue weighted by Gasteiger charge is 2.34. The summed E-state index contributed by atoms with van der Waals surface area (Å²) in [5.41, 5.74) is 2.68. The van der Waals surface area contributed by atoms with Crippen molar-refractivity contribution in [3.8, 4) is 0 Å². The molecule has 0 spiro atoms. The Morgan fingerprint density at radius 2 is 2.20 bits per heavy atom. The summed E-state index contributed by atoms with van der Waals surface area (Å²) in [4.78, 5) is 11.3. The smallest absolute Gasteiger partial charge is 0.330 e. The van der Waals surface area contributed by atoms with Gasteiger partial charge in [0.1, 0.15) is 0 Å². The molecule has 1 aromatic carbocycles. The van der Waals surface area contributed by atoms with Crippen LogP contribution in [0, 0.1) is 5.92 Å². The lowest BCUT2D eigenvalue weighted by atomic mass is 9.66. The highest BCUT2D eigenvalue weighted by atomic mass is 16.5. The fourth-order valence-electron chi connectivity index (χ4n) is 3.09. The maximum absolute atomic E-state index is 11.3. The zero-order valence-electron chi connectivity index (χ0n) is 12.4. The summed E-state index contributed by atoms with van der Waals surface area (Å²) < 4.78 is 4.69. The number of hydrogen-bond acceptors (Lipinski definition) is 2. The van der Waals surface area contributed by atoms with Gasteiger partial charge in [-0.2, -0.15) is 0 Å². The van der Waals surface area contributed by atoms with Gasteiger partial charge in [-0.25, -0.2) is 4.79 Å². The van der Waals surface area contributed by atoms with Crippen LogP contribution in [-0.4, -0.2) is 13.1 Å². The van der Waals surface area contributed by atoms with E-state index in [-0.39, 0.29) is 17.3 Å². The van der Waals surface area contributed by atoms with Crippen molar-refractivity contribution >= 4 is 5.97 Å². The lowest BCUT2D eigenvalue weighted by molar-refractivity contribution is -0.134. The number of fused-ring (bicyclic) bond motifs is 1. The predicted octanol–water partition coefficient (Wildman–Crippen LogP) is 3.81. The molecule has 20 heavy (non-hydrogen) atoms. The number of carbonyl (C=O) groups excluding carboxylic acids is 1. The molecule has 0 bridgehead atoms. The van der Waals surface area contributed by atoms with Gasteiger partial charge in [-0.3, -0.25) is 0 Å². The van der Waals surface area contributed by atoms with E-state index in [1.807, 2.05) is 6.08 Å². The highest BCUT2D eigenvalue weighted by Crippen LogP contribution is 2.41. The van der Waals surface area contributed by atoms with Crippen LogP contribution in [0.15, 0.2) is 48.6 Å². The Kier molecular flexibility index (Phi) is 4.43. The molecule has 0 unspecified atom stereocenters. The maximum Gasteiger partial charge on any atom is 0.330 e. The van der Waals surface area contributed by atoms with E-state index in [0.717, 1.165) is 12.8 Å². The van der Waals surface area contributed by atoms with Gasteiger partial charge in [0.05, 0.1) is 7.11 Å². The van der Waals surface area contributed by atoms with E-state index >= 15 is 0 Å². The number of allylic oxidation sites excluding steroid dienone is 3. The van der Waals surface area contributed by atoms with Crippen LogP contribution in [0.5, 0.6) is 0 Å². The van der Waals surface area contributed by atoms with Crippen molar-refractivity contribution in [2.75, 3.05) is 7.11 Å². The summed E-state index contributed by atoms with van der Waals surface area (Å²) in [6.07, 6.45) is 10.0. The molecule has 0 amide bonds. The number of benzene rings is 1. The van der Waals surface area contributed by atoms with Gasteiger partial charge in [0.25, 0.3) is 0 Å². The van der Waals surface area contributed by atoms with Crippen molar-refractivity contribution in [1.82, 2.24) is 0 Å². The summed E-state index contributed by atoms with van der Waals surface area (Å²) in [5.74, 6) is -0.0144. The Labute approximate surface area is 121 Å². The summed E-state index contributed by atoms with van der Waals surface area (Å²) in [6, 6.07) is 8.57. The van der Waals surface area contributed by atoms with Gasteiger partial charge < -0.3 is 4.74 Å². The first-order chi connectivity index (χ1) is 9.61. The first-order valence-electron chi connectivity index (χ1n) is 7.14. The molecule has 0 N–H and O–H groups in total. The molecule has 1 aliphatic rings. The molecule has 2 heteroatoms. The molecule has 0 aliphatic heterocycles. The Morgan fingerprint density at radius 3 is 2.90 bits per heavy atom. The lowest BCUT2D eigenvalue weighted by Crippen LogP contribution is -2.31. The molecule has 0 saturated heterocycles. The second-order valence-corrected chi connectivity index (χ2v) is 5.44. The standard InChI is InChI=1S/C18H22O2/c1-4-15(11-12-17(19)20-3)18(2)13-7-9-14-8-5-6-10-16(14)18/h5-8,10-13,15H,4,9H2,1-3H3/b12-11-/t15-,18+/m1/s1. The molecule has 0 radical (unpaired) electrons. The van der Waals surface area contributed by atoms with Crippen LogP contribution in [0.4, 0.5) is 0 Å². The van der Waals surface area contributed by atoms with Crippen molar-refractivity contribution in [3.63, 3.8) is 0 Å². The third kappa shape index (κ3) is 2.69. The van der Waals surface area contributed by atoms with Crippen LogP contribution in [0.1, 0.15) is 31.4 Å². The molecule has 2 atom stereocenters. The van der Waals surface area contributed by atoms with E-state index in [1.54, 1.807) is 6.08 Å². The van der Waals surface area contributed by atoms with Gasteiger partial charge >= 0.3 is 5.97 Å². The normalized spacial score (nSPS) is 22.6. The van der Waals surface area contributed by atoms with Crippen LogP contribution < -0.4 is 0 Å². The number of rotatable bonds is 4. The quantitative estimate of drug-likeness (QED) is 0.472. The summed E-state index contributed by atoms with van der Waals surface area (Å²) in [5, 5.41) is 0. The second-order valence-electron chi connectivity index (χ2n) is 5.44. The van der Waals surface area contributed by atoms with Gasteiger partial charge in [0, 0.05) is 11.5 Å². The average Bonchev–Trinajstić information content (AvgIpc) is 2.48. The molecular formula is C18H22O2. The monoisotopic (exact) mass is 270 g/mol.